The van der Waals surface area contributed by atoms with Crippen LogP contribution in [0, 0.1) is 11.7 Å². The highest BCUT2D eigenvalue weighted by Crippen LogP contribution is 2.18. The number of likely N-dealkylation sites (tertiary alicyclic amines) is 1. The third-order valence-electron chi connectivity index (χ3n) is 4.60. The van der Waals surface area contributed by atoms with Crippen LogP contribution in [0.25, 0.3) is 0 Å². The van der Waals surface area contributed by atoms with Crippen LogP contribution in [0.5, 0.6) is 0 Å². The SMILES string of the molecule is CN(C)CCNC(=O)C(=O)NCC1CCN(C(=O)Nc2ccc(F)cc2)CC1. The molecule has 1 fully saturated rings. The smallest absolute Gasteiger partial charge is 0.321 e. The number of carbonyl (C=O) groups excluding carboxylic acids is 3. The highest BCUT2D eigenvalue weighted by Gasteiger charge is 2.24. The number of nitrogens with zero attached hydrogens (tertiary/aromatic N) is 2. The first-order chi connectivity index (χ1) is 13.3. The summed E-state index contributed by atoms with van der Waals surface area (Å²) in [4.78, 5) is 39.4. The molecular weight excluding hydrogens is 365 g/mol. The van der Waals surface area contributed by atoms with Crippen LogP contribution in [0.2, 0.25) is 0 Å². The standard InChI is InChI=1S/C19H28FN5O3/c1-24(2)12-9-21-17(26)18(27)22-13-14-7-10-25(11-8-14)19(28)23-16-5-3-15(20)4-6-16/h3-6,14H,7-13H2,1-2H3,(H,21,26)(H,22,27)(H,23,28). The molecule has 0 bridgehead atoms. The lowest BCUT2D eigenvalue weighted by molar-refractivity contribution is -0.139. The van der Waals surface area contributed by atoms with Crippen LogP contribution >= 0.6 is 0 Å². The van der Waals surface area contributed by atoms with Gasteiger partial charge in [-0.3, -0.25) is 9.59 Å². The number of urea groups is 1. The maximum absolute atomic E-state index is 12.9. The summed E-state index contributed by atoms with van der Waals surface area (Å²) >= 11 is 0. The maximum atomic E-state index is 12.9. The first kappa shape index (κ1) is 21.6. The predicted molar refractivity (Wildman–Crippen MR) is 104 cm³/mol. The van der Waals surface area contributed by atoms with E-state index in [2.05, 4.69) is 16.0 Å². The van der Waals surface area contributed by atoms with Crippen molar-refractivity contribution in [3.63, 3.8) is 0 Å². The van der Waals surface area contributed by atoms with Gasteiger partial charge in [0.05, 0.1) is 0 Å². The highest BCUT2D eigenvalue weighted by atomic mass is 19.1. The topological polar surface area (TPSA) is 93.8 Å². The van der Waals surface area contributed by atoms with Gasteiger partial charge in [0.25, 0.3) is 0 Å². The monoisotopic (exact) mass is 393 g/mol. The van der Waals surface area contributed by atoms with Gasteiger partial charge < -0.3 is 25.8 Å². The van der Waals surface area contributed by atoms with Gasteiger partial charge in [0.2, 0.25) is 0 Å². The molecule has 4 amide bonds. The fraction of sp³-hybridized carbons (Fsp3) is 0.526. The molecule has 0 atom stereocenters. The van der Waals surface area contributed by atoms with Crippen molar-refractivity contribution >= 4 is 23.5 Å². The van der Waals surface area contributed by atoms with Crippen molar-refractivity contribution in [2.24, 2.45) is 5.92 Å². The van der Waals surface area contributed by atoms with Crippen molar-refractivity contribution in [2.75, 3.05) is 52.1 Å². The number of hydrogen-bond acceptors (Lipinski definition) is 4. The van der Waals surface area contributed by atoms with E-state index in [1.807, 2.05) is 19.0 Å². The van der Waals surface area contributed by atoms with Gasteiger partial charge in [-0.2, -0.15) is 0 Å². The van der Waals surface area contributed by atoms with Gasteiger partial charge in [0.1, 0.15) is 5.82 Å². The third kappa shape index (κ3) is 7.15. The van der Waals surface area contributed by atoms with Gasteiger partial charge in [0.15, 0.2) is 0 Å². The van der Waals surface area contributed by atoms with E-state index in [1.54, 1.807) is 4.90 Å². The lowest BCUT2D eigenvalue weighted by atomic mass is 9.97. The Labute approximate surface area is 164 Å². The molecule has 9 heteroatoms. The molecule has 1 aliphatic rings. The van der Waals surface area contributed by atoms with Crippen LogP contribution in [-0.2, 0) is 9.59 Å². The Morgan fingerprint density at radius 3 is 2.29 bits per heavy atom. The minimum absolute atomic E-state index is 0.216. The molecule has 1 saturated heterocycles. The van der Waals surface area contributed by atoms with Crippen LogP contribution in [-0.4, -0.2) is 74.5 Å². The third-order valence-corrected chi connectivity index (χ3v) is 4.60. The fourth-order valence-corrected chi connectivity index (χ4v) is 2.87. The minimum atomic E-state index is -0.629. The highest BCUT2D eigenvalue weighted by molar-refractivity contribution is 6.35. The normalized spacial score (nSPS) is 14.6. The number of rotatable bonds is 6. The van der Waals surface area contributed by atoms with Crippen LogP contribution in [0.4, 0.5) is 14.9 Å². The largest absolute Gasteiger partial charge is 0.348 e. The molecule has 154 valence electrons. The molecule has 3 N–H and O–H groups in total. The molecule has 1 heterocycles. The number of benzene rings is 1. The van der Waals surface area contributed by atoms with Crippen molar-refractivity contribution in [3.8, 4) is 0 Å². The van der Waals surface area contributed by atoms with Crippen molar-refractivity contribution in [1.29, 1.82) is 0 Å². The van der Waals surface area contributed by atoms with E-state index in [0.717, 1.165) is 12.8 Å². The molecule has 0 aliphatic carbocycles. The van der Waals surface area contributed by atoms with Gasteiger partial charge in [-0.1, -0.05) is 0 Å². The molecule has 8 nitrogen and oxygen atoms in total. The molecule has 0 saturated carbocycles. The number of anilines is 1. The van der Waals surface area contributed by atoms with Gasteiger partial charge >= 0.3 is 17.8 Å². The Hall–Kier alpha value is -2.68. The average Bonchev–Trinajstić information content (AvgIpc) is 2.67. The average molecular weight is 393 g/mol. The Morgan fingerprint density at radius 1 is 1.07 bits per heavy atom. The molecule has 0 spiro atoms. The number of carbonyl (C=O) groups is 3. The molecule has 28 heavy (non-hydrogen) atoms. The summed E-state index contributed by atoms with van der Waals surface area (Å²) in [5, 5.41) is 7.97. The fourth-order valence-electron chi connectivity index (χ4n) is 2.87. The van der Waals surface area contributed by atoms with Crippen molar-refractivity contribution in [1.82, 2.24) is 20.4 Å². The van der Waals surface area contributed by atoms with Crippen LogP contribution in [0.15, 0.2) is 24.3 Å². The number of nitrogens with one attached hydrogen (secondary N) is 3. The summed E-state index contributed by atoms with van der Waals surface area (Å²) in [6.45, 7) is 2.61. The predicted octanol–water partition coefficient (Wildman–Crippen LogP) is 0.864. The zero-order chi connectivity index (χ0) is 20.5. The number of piperidine rings is 1. The minimum Gasteiger partial charge on any atom is -0.348 e. The Bertz CT molecular complexity index is 673. The first-order valence-corrected chi connectivity index (χ1v) is 9.37. The van der Waals surface area contributed by atoms with Gasteiger partial charge in [-0.15, -0.1) is 0 Å². The number of likely N-dealkylation sites (N-methyl/N-ethyl adjacent to an activating group) is 1. The molecule has 0 radical (unpaired) electrons. The maximum Gasteiger partial charge on any atom is 0.321 e. The molecular formula is C19H28FN5O3. The van der Waals surface area contributed by atoms with E-state index < -0.39 is 11.8 Å². The van der Waals surface area contributed by atoms with E-state index in [9.17, 15) is 18.8 Å². The summed E-state index contributed by atoms with van der Waals surface area (Å²) in [6, 6.07) is 5.38. The molecule has 1 aromatic carbocycles. The first-order valence-electron chi connectivity index (χ1n) is 9.37. The summed E-state index contributed by atoms with van der Waals surface area (Å²) in [7, 11) is 3.77. The number of amides is 4. The van der Waals surface area contributed by atoms with Crippen molar-refractivity contribution in [3.05, 3.63) is 30.1 Å². The van der Waals surface area contributed by atoms with Crippen LogP contribution in [0.1, 0.15) is 12.8 Å². The van der Waals surface area contributed by atoms with E-state index in [4.69, 9.17) is 0 Å². The van der Waals surface area contributed by atoms with E-state index in [0.29, 0.717) is 38.4 Å². The van der Waals surface area contributed by atoms with E-state index >= 15 is 0 Å². The Balaban J connectivity index is 1.66. The lowest BCUT2D eigenvalue weighted by Gasteiger charge is -2.32. The second kappa shape index (κ2) is 10.6. The molecule has 0 unspecified atom stereocenters. The Morgan fingerprint density at radius 2 is 1.68 bits per heavy atom. The molecule has 1 aliphatic heterocycles. The summed E-state index contributed by atoms with van der Waals surface area (Å²) in [5.41, 5.74) is 0.543. The zero-order valence-electron chi connectivity index (χ0n) is 16.3. The quantitative estimate of drug-likeness (QED) is 0.625. The summed E-state index contributed by atoms with van der Waals surface area (Å²) < 4.78 is 12.9. The van der Waals surface area contributed by atoms with Gasteiger partial charge in [0, 0.05) is 38.4 Å². The summed E-state index contributed by atoms with van der Waals surface area (Å²) in [6.07, 6.45) is 1.47. The second-order valence-electron chi connectivity index (χ2n) is 7.14. The number of halogens is 1. The van der Waals surface area contributed by atoms with Crippen molar-refractivity contribution < 1.29 is 18.8 Å². The van der Waals surface area contributed by atoms with Crippen LogP contribution in [0.3, 0.4) is 0 Å². The van der Waals surface area contributed by atoms with Gasteiger partial charge in [-0.25, -0.2) is 9.18 Å². The second-order valence-corrected chi connectivity index (χ2v) is 7.14. The molecule has 1 aromatic rings. The Kier molecular flexibility index (Phi) is 8.19. The van der Waals surface area contributed by atoms with E-state index in [1.165, 1.54) is 24.3 Å². The van der Waals surface area contributed by atoms with E-state index in [-0.39, 0.29) is 17.8 Å². The van der Waals surface area contributed by atoms with Crippen LogP contribution < -0.4 is 16.0 Å². The molecule has 2 rings (SSSR count). The number of hydrogen-bond donors (Lipinski definition) is 3. The van der Waals surface area contributed by atoms with Crippen molar-refractivity contribution in [2.45, 2.75) is 12.8 Å². The lowest BCUT2D eigenvalue weighted by Crippen LogP contribution is -2.46. The summed E-state index contributed by atoms with van der Waals surface area (Å²) in [5.74, 6) is -1.39. The van der Waals surface area contributed by atoms with Gasteiger partial charge in [-0.05, 0) is 57.1 Å². The zero-order valence-corrected chi connectivity index (χ0v) is 16.3. The molecule has 0 aromatic heterocycles.